The lowest BCUT2D eigenvalue weighted by Gasteiger charge is -2.46. The van der Waals surface area contributed by atoms with E-state index in [1.54, 1.807) is 14.2 Å². The lowest BCUT2D eigenvalue weighted by molar-refractivity contribution is -0.139. The van der Waals surface area contributed by atoms with Crippen molar-refractivity contribution in [2.75, 3.05) is 134 Å². The van der Waals surface area contributed by atoms with Crippen molar-refractivity contribution >= 4 is 69.5 Å². The third-order valence-electron chi connectivity index (χ3n) is 28.6. The zero-order valence-corrected chi connectivity index (χ0v) is 70.4. The zero-order chi connectivity index (χ0) is 78.3. The number of likely N-dealkylation sites (tertiary alicyclic amines) is 4. The van der Waals surface area contributed by atoms with Crippen LogP contribution in [0.5, 0.6) is 0 Å². The van der Waals surface area contributed by atoms with E-state index < -0.39 is 16.6 Å². The van der Waals surface area contributed by atoms with E-state index in [0.29, 0.717) is 53.1 Å². The minimum Gasteiger partial charge on any atom is -0.381 e. The fourth-order valence-electron chi connectivity index (χ4n) is 21.8. The number of nitrogens with one attached hydrogen (secondary N) is 2. The lowest BCUT2D eigenvalue weighted by atomic mass is 9.61. The molecule has 7 atom stereocenters. The molecule has 7 unspecified atom stereocenters. The van der Waals surface area contributed by atoms with Crippen LogP contribution < -0.4 is 22.1 Å². The number of thiocarbonyl (C=S) groups is 1. The molecule has 6 N–H and O–H groups in total. The third-order valence-corrected chi connectivity index (χ3v) is 30.5. The van der Waals surface area contributed by atoms with Crippen LogP contribution in [0.1, 0.15) is 199 Å². The molecule has 0 bridgehead atoms. The molecule has 7 aliphatic heterocycles. The molecule has 7 heterocycles. The standard InChI is InChI=1S/C34H46N4O2S.C28H36N4O2.C22H24N2O2S.C6H12ClN.CH5N.CH4/c1-36-16-12-26(20-36)22-38-31(39)34(35-32(38)41-23-27-13-17-37(2)21-27)30-18-25(7-6-24-4-5-24)8-9-28(30)19-33(34)14-10-29(40-3)11-15-33;1-31-14-11-21(17-31)18-32-25(33)28(30-26(32)29)24-15-20(6-5-19-3-4-19)7-8-22(24)16-27(28)12-9-23(34-2)10-13-27;1-26-17-8-10-21(11-9-17)13-16-7-6-15(5-4-14-2-3-14)12-18(16)22(21)19(25)23-20(27)24-22;1-8-3-2-6(4-7)5-8;1-2;/h8-9,18,24,26-27,29H,4-5,10-17,19-23H2,1-3H3;7-8,15,19,21,23H,3-4,9-14,16-18H2,1-2H3,(H2,29,30);6-7,12,14,17H,2-3,8-11,13H2,1H3,(H2,23,24,25,27);6H,2-5H2,1H3;2H2,1H3;1H4. The molecule has 6 saturated carbocycles. The van der Waals surface area contributed by atoms with Crippen LogP contribution in [0, 0.1) is 93.2 Å². The monoisotopic (exact) mass is 1590 g/mol. The number of hydrogen-bond acceptors (Lipinski definition) is 16. The van der Waals surface area contributed by atoms with Gasteiger partial charge in [0.2, 0.25) is 0 Å². The van der Waals surface area contributed by atoms with Gasteiger partial charge in [-0.2, -0.15) is 0 Å². The lowest BCUT2D eigenvalue weighted by Crippen LogP contribution is -2.56. The van der Waals surface area contributed by atoms with Gasteiger partial charge >= 0.3 is 0 Å². The van der Waals surface area contributed by atoms with Gasteiger partial charge in [-0.25, -0.2) is 9.98 Å². The number of thioether (sulfide) groups is 1. The predicted octanol–water partition coefficient (Wildman–Crippen LogP) is 11.7. The smallest absolute Gasteiger partial charge is 0.262 e. The number of methoxy groups -OCH3 is 3. The first kappa shape index (κ1) is 83.6. The van der Waals surface area contributed by atoms with Crippen LogP contribution in [-0.2, 0) is 64.5 Å². The molecule has 0 aromatic heterocycles. The number of carbonyl (C=O) groups excluding carboxylic acids is 3. The van der Waals surface area contributed by atoms with Gasteiger partial charge in [-0.15, -0.1) is 11.6 Å². The van der Waals surface area contributed by atoms with E-state index in [9.17, 15) is 9.59 Å². The number of hydrogen-bond donors (Lipinski definition) is 4. The maximum atomic E-state index is 15.1. The van der Waals surface area contributed by atoms with Crippen molar-refractivity contribution in [3.05, 3.63) is 105 Å². The Labute approximate surface area is 689 Å². The first-order valence-electron chi connectivity index (χ1n) is 42.5. The van der Waals surface area contributed by atoms with Gasteiger partial charge in [0.1, 0.15) is 0 Å². The van der Waals surface area contributed by atoms with E-state index in [2.05, 4.69) is 159 Å². The summed E-state index contributed by atoms with van der Waals surface area (Å²) in [4.78, 5) is 67.1. The zero-order valence-electron chi connectivity index (χ0n) is 68.0. The number of rotatable bonds is 10. The van der Waals surface area contributed by atoms with E-state index in [1.165, 1.54) is 94.7 Å². The molecule has 3 aromatic rings. The first-order chi connectivity index (χ1) is 54.2. The van der Waals surface area contributed by atoms with Crippen LogP contribution in [0.3, 0.4) is 0 Å². The predicted molar refractivity (Wildman–Crippen MR) is 458 cm³/mol. The van der Waals surface area contributed by atoms with Gasteiger partial charge in [-0.1, -0.05) is 72.9 Å². The molecular weight excluding hydrogens is 1470 g/mol. The number of carbonyl (C=O) groups is 3. The quantitative estimate of drug-likeness (QED) is 0.0848. The highest BCUT2D eigenvalue weighted by molar-refractivity contribution is 8.13. The van der Waals surface area contributed by atoms with E-state index in [1.807, 2.05) is 23.8 Å². The van der Waals surface area contributed by atoms with Crippen molar-refractivity contribution in [2.45, 2.75) is 203 Å². The second-order valence-electron chi connectivity index (χ2n) is 36.3. The van der Waals surface area contributed by atoms with Crippen molar-refractivity contribution in [1.82, 2.24) is 40.0 Å². The maximum absolute atomic E-state index is 15.1. The molecule has 6 spiro atoms. The Morgan fingerprint density at radius 1 is 0.513 bits per heavy atom. The summed E-state index contributed by atoms with van der Waals surface area (Å²) in [5.74, 6) is 26.9. The van der Waals surface area contributed by atoms with E-state index >= 15 is 4.79 Å². The Hall–Kier alpha value is -5.90. The number of fused-ring (bicyclic) bond motifs is 9. The van der Waals surface area contributed by atoms with Crippen LogP contribution in [0.15, 0.2) is 64.6 Å². The van der Waals surface area contributed by atoms with Crippen molar-refractivity contribution in [3.8, 4) is 35.5 Å². The number of nitrogens with zero attached hydrogens (tertiary/aromatic N) is 8. The molecule has 113 heavy (non-hydrogen) atoms. The second-order valence-corrected chi connectivity index (χ2v) is 38.0. The van der Waals surface area contributed by atoms with E-state index in [4.69, 9.17) is 53.7 Å². The number of guanidine groups is 1. The molecule has 19 rings (SSSR count). The Morgan fingerprint density at radius 3 is 1.27 bits per heavy atom. The maximum Gasteiger partial charge on any atom is 0.262 e. The Morgan fingerprint density at radius 2 is 0.885 bits per heavy atom. The highest BCUT2D eigenvalue weighted by Gasteiger charge is 2.70. The number of nitrogens with two attached hydrogens (primary N) is 2. The fourth-order valence-corrected chi connectivity index (χ4v) is 23.5. The normalized spacial score (nSPS) is 33.8. The van der Waals surface area contributed by atoms with Crippen molar-refractivity contribution < 1.29 is 28.6 Å². The number of alkyl halides is 1. The molecule has 5 saturated heterocycles. The van der Waals surface area contributed by atoms with Crippen molar-refractivity contribution in [3.63, 3.8) is 0 Å². The van der Waals surface area contributed by atoms with Crippen LogP contribution in [0.4, 0.5) is 0 Å². The molecule has 11 fully saturated rings. The number of amides is 3. The van der Waals surface area contributed by atoms with E-state index in [0.717, 1.165) is 205 Å². The van der Waals surface area contributed by atoms with Crippen LogP contribution in [-0.4, -0.2) is 215 Å². The molecular formula is C92H127ClN12O6S2. The minimum atomic E-state index is -0.924. The Balaban J connectivity index is 0.000000134. The van der Waals surface area contributed by atoms with Gasteiger partial charge in [0.25, 0.3) is 17.7 Å². The van der Waals surface area contributed by atoms with E-state index in [-0.39, 0.29) is 59.7 Å². The Kier molecular flexibility index (Phi) is 25.9. The highest BCUT2D eigenvalue weighted by atomic mass is 35.5. The number of amidine groups is 1. The van der Waals surface area contributed by atoms with Crippen LogP contribution >= 0.6 is 35.6 Å². The SMILES string of the molecule is C.CN.CN1CCC(CCl)C1.COC1CCC2(CC1)Cc1ccc(C#CC3CC3)cc1C21N=C(N)N(CC2CCN(C)C2)C1=O.COC1CCC2(CC1)Cc1ccc(C#CC3CC3)cc1C21N=C(SCC2CCN(C)C2)N(CC2CCN(C)C2)C1=O.COC1CCC2(CC1)Cc1ccc(C#CC3CC3)cc1C21NC(=S)NC1=O. The summed E-state index contributed by atoms with van der Waals surface area (Å²) in [5, 5.41) is 7.72. The molecule has 3 amide bonds. The highest BCUT2D eigenvalue weighted by Crippen LogP contribution is 2.65. The summed E-state index contributed by atoms with van der Waals surface area (Å²) < 4.78 is 17.1. The van der Waals surface area contributed by atoms with Crippen molar-refractivity contribution in [1.29, 1.82) is 0 Å². The van der Waals surface area contributed by atoms with Crippen molar-refractivity contribution in [2.24, 2.45) is 79.1 Å². The average molecular weight is 1600 g/mol. The topological polar surface area (TPSA) is 199 Å². The molecule has 9 aliphatic carbocycles. The van der Waals surface area contributed by atoms with Gasteiger partial charge in [0.05, 0.1) is 18.3 Å². The molecule has 16 aliphatic rings. The number of aliphatic imine (C=N–C) groups is 2. The molecule has 21 heteroatoms. The molecule has 3 aromatic carbocycles. The number of halogens is 1. The van der Waals surface area contributed by atoms with Gasteiger partial charge in [-0.05, 0) is 328 Å². The Bertz CT molecular complexity index is 4270. The largest absolute Gasteiger partial charge is 0.381 e. The molecule has 610 valence electrons. The van der Waals surface area contributed by atoms with Gasteiger partial charge in [0, 0.05) is 123 Å². The summed E-state index contributed by atoms with van der Waals surface area (Å²) in [6.45, 7) is 10.4. The fraction of sp³-hybridized carbons (Fsp3) is 0.674. The third kappa shape index (κ3) is 16.6. The summed E-state index contributed by atoms with van der Waals surface area (Å²) >= 11 is 12.9. The summed E-state index contributed by atoms with van der Waals surface area (Å²) in [7, 11) is 15.6. The molecule has 0 radical (unpaired) electrons. The second kappa shape index (κ2) is 35.0. The van der Waals surface area contributed by atoms with Crippen LogP contribution in [0.2, 0.25) is 0 Å². The summed E-state index contributed by atoms with van der Waals surface area (Å²) in [6, 6.07) is 19.6. The number of ether oxygens (including phenoxy) is 3. The number of benzene rings is 3. The van der Waals surface area contributed by atoms with Gasteiger partial charge in [-0.3, -0.25) is 24.2 Å². The van der Waals surface area contributed by atoms with Gasteiger partial charge in [0.15, 0.2) is 32.9 Å². The summed E-state index contributed by atoms with van der Waals surface area (Å²) in [5.41, 5.74) is 18.0. The summed E-state index contributed by atoms with van der Waals surface area (Å²) in [6.07, 6.45) is 27.1. The average Bonchev–Trinajstić information content (AvgIpc) is 1.54. The minimum absolute atomic E-state index is 0. The van der Waals surface area contributed by atoms with Gasteiger partial charge < -0.3 is 55.9 Å². The first-order valence-corrected chi connectivity index (χ1v) is 44.4. The van der Waals surface area contributed by atoms with Crippen LogP contribution in [0.25, 0.3) is 0 Å². The molecule has 18 nitrogen and oxygen atoms in total.